The molecule has 0 spiro atoms. The number of anilines is 2. The maximum atomic E-state index is 2.96. The molecule has 2 aromatic carbocycles. The Kier molecular flexibility index (Phi) is 4.52. The first-order chi connectivity index (χ1) is 10.5. The van der Waals surface area contributed by atoms with E-state index in [2.05, 4.69) is 77.4 Å². The summed E-state index contributed by atoms with van der Waals surface area (Å²) < 4.78 is 0. The molecule has 0 N–H and O–H groups in total. The van der Waals surface area contributed by atoms with Crippen LogP contribution in [-0.4, -0.2) is 6.54 Å². The molecule has 1 aliphatic rings. The van der Waals surface area contributed by atoms with Gasteiger partial charge in [-0.15, -0.1) is 9.24 Å². The number of rotatable bonds is 4. The summed E-state index contributed by atoms with van der Waals surface area (Å²) in [6, 6.07) is 15.7. The maximum Gasteiger partial charge on any atom is 0.0555 e. The Morgan fingerprint density at radius 3 is 2.50 bits per heavy atom. The molecular weight excluding hydrogens is 305 g/mol. The highest BCUT2D eigenvalue weighted by atomic mass is 32.2. The monoisotopic (exact) mass is 329 g/mol. The summed E-state index contributed by atoms with van der Waals surface area (Å²) in [5, 5.41) is 0.104. The van der Waals surface area contributed by atoms with Crippen molar-refractivity contribution in [2.45, 2.75) is 48.6 Å². The highest BCUT2D eigenvalue weighted by Gasteiger charge is 2.25. The summed E-state index contributed by atoms with van der Waals surface area (Å²) in [4.78, 5) is 5.24. The van der Waals surface area contributed by atoms with Gasteiger partial charge in [0, 0.05) is 21.5 Å². The number of para-hydroxylation sites is 1. The molecule has 116 valence electrons. The van der Waals surface area contributed by atoms with E-state index in [4.69, 9.17) is 0 Å². The molecule has 22 heavy (non-hydrogen) atoms. The van der Waals surface area contributed by atoms with Crippen LogP contribution in [0.15, 0.2) is 52.3 Å². The lowest BCUT2D eigenvalue weighted by Gasteiger charge is -2.34. The first-order valence-electron chi connectivity index (χ1n) is 7.98. The molecule has 0 bridgehead atoms. The summed E-state index contributed by atoms with van der Waals surface area (Å²) in [6.45, 7) is 7.84. The quantitative estimate of drug-likeness (QED) is 0.614. The van der Waals surface area contributed by atoms with E-state index in [1.807, 2.05) is 11.8 Å². The SMILES string of the molecule is CCCCN1c2ccccc2Sc2ccc(C(C)(C)P)cc21. The summed E-state index contributed by atoms with van der Waals surface area (Å²) in [6.07, 6.45) is 2.43. The predicted molar refractivity (Wildman–Crippen MR) is 102 cm³/mol. The molecule has 0 amide bonds. The van der Waals surface area contributed by atoms with Gasteiger partial charge in [0.1, 0.15) is 0 Å². The fraction of sp³-hybridized carbons (Fsp3) is 0.368. The van der Waals surface area contributed by atoms with Gasteiger partial charge >= 0.3 is 0 Å². The molecule has 2 aromatic rings. The second kappa shape index (κ2) is 6.26. The molecule has 0 saturated carbocycles. The van der Waals surface area contributed by atoms with Gasteiger partial charge in [-0.2, -0.15) is 0 Å². The van der Waals surface area contributed by atoms with Crippen LogP contribution in [0.3, 0.4) is 0 Å². The van der Waals surface area contributed by atoms with Gasteiger partial charge in [-0.25, -0.2) is 0 Å². The predicted octanol–water partition coefficient (Wildman–Crippen LogP) is 6.20. The van der Waals surface area contributed by atoms with Gasteiger partial charge in [-0.1, -0.05) is 57.2 Å². The third kappa shape index (κ3) is 3.05. The first-order valence-corrected chi connectivity index (χ1v) is 9.38. The number of nitrogens with zero attached hydrogens (tertiary/aromatic N) is 1. The van der Waals surface area contributed by atoms with Gasteiger partial charge in [0.05, 0.1) is 11.4 Å². The zero-order valence-electron chi connectivity index (χ0n) is 13.6. The molecule has 0 radical (unpaired) electrons. The van der Waals surface area contributed by atoms with E-state index < -0.39 is 0 Å². The fourth-order valence-corrected chi connectivity index (χ4v) is 4.04. The van der Waals surface area contributed by atoms with Gasteiger partial charge in [0.2, 0.25) is 0 Å². The van der Waals surface area contributed by atoms with Crippen LogP contribution in [0.2, 0.25) is 0 Å². The topological polar surface area (TPSA) is 3.24 Å². The van der Waals surface area contributed by atoms with Gasteiger partial charge < -0.3 is 4.90 Å². The van der Waals surface area contributed by atoms with Crippen LogP contribution >= 0.6 is 21.0 Å². The van der Waals surface area contributed by atoms with E-state index in [-0.39, 0.29) is 5.16 Å². The highest BCUT2D eigenvalue weighted by molar-refractivity contribution is 7.99. The molecule has 3 rings (SSSR count). The Morgan fingerprint density at radius 2 is 1.77 bits per heavy atom. The van der Waals surface area contributed by atoms with Crippen molar-refractivity contribution in [3.05, 3.63) is 48.0 Å². The third-order valence-corrected chi connectivity index (χ3v) is 5.57. The zero-order chi connectivity index (χ0) is 15.7. The summed E-state index contributed by atoms with van der Waals surface area (Å²) >= 11 is 1.89. The molecule has 1 atom stereocenters. The standard InChI is InChI=1S/C19H24NPS/c1-4-5-12-20-15-8-6-7-9-17(15)22-18-11-10-14(13-16(18)20)19(2,3)21/h6-11,13H,4-5,12,21H2,1-3H3. The zero-order valence-corrected chi connectivity index (χ0v) is 15.6. The minimum absolute atomic E-state index is 0.104. The largest absolute Gasteiger partial charge is 0.340 e. The Balaban J connectivity index is 2.08. The van der Waals surface area contributed by atoms with Crippen LogP contribution in [-0.2, 0) is 5.16 Å². The van der Waals surface area contributed by atoms with Crippen molar-refractivity contribution in [2.75, 3.05) is 11.4 Å². The van der Waals surface area contributed by atoms with Crippen LogP contribution in [0, 0.1) is 0 Å². The van der Waals surface area contributed by atoms with Crippen molar-refractivity contribution in [1.82, 2.24) is 0 Å². The van der Waals surface area contributed by atoms with Gasteiger partial charge in [-0.05, 0) is 36.2 Å². The first kappa shape index (κ1) is 15.9. The third-order valence-electron chi connectivity index (χ3n) is 4.10. The van der Waals surface area contributed by atoms with Gasteiger partial charge in [0.15, 0.2) is 0 Å². The van der Waals surface area contributed by atoms with E-state index in [9.17, 15) is 0 Å². The molecule has 1 aliphatic heterocycles. The minimum Gasteiger partial charge on any atom is -0.340 e. The van der Waals surface area contributed by atoms with Crippen LogP contribution in [0.5, 0.6) is 0 Å². The molecule has 0 aliphatic carbocycles. The van der Waals surface area contributed by atoms with E-state index in [1.165, 1.54) is 39.6 Å². The average molecular weight is 329 g/mol. The fourth-order valence-electron chi connectivity index (χ4n) is 2.79. The number of hydrogen-bond acceptors (Lipinski definition) is 2. The van der Waals surface area contributed by atoms with Gasteiger partial charge in [0.25, 0.3) is 0 Å². The molecule has 1 unspecified atom stereocenters. The number of hydrogen-bond donors (Lipinski definition) is 0. The molecule has 0 saturated heterocycles. The second-order valence-electron chi connectivity index (χ2n) is 6.48. The van der Waals surface area contributed by atoms with Crippen LogP contribution in [0.25, 0.3) is 0 Å². The van der Waals surface area contributed by atoms with E-state index in [1.54, 1.807) is 0 Å². The van der Waals surface area contributed by atoms with Crippen LogP contribution in [0.4, 0.5) is 11.4 Å². The average Bonchev–Trinajstić information content (AvgIpc) is 2.50. The maximum absolute atomic E-state index is 2.96. The summed E-state index contributed by atoms with van der Waals surface area (Å²) in [5.74, 6) is 0. The molecule has 1 nitrogen and oxygen atoms in total. The number of fused-ring (bicyclic) bond motifs is 2. The molecular formula is C19H24NPS. The molecule has 1 heterocycles. The summed E-state index contributed by atoms with van der Waals surface area (Å²) in [7, 11) is 2.96. The van der Waals surface area contributed by atoms with Crippen molar-refractivity contribution in [1.29, 1.82) is 0 Å². The lowest BCUT2D eigenvalue weighted by Crippen LogP contribution is -2.22. The van der Waals surface area contributed by atoms with Gasteiger partial charge in [-0.3, -0.25) is 0 Å². The van der Waals surface area contributed by atoms with Crippen LogP contribution < -0.4 is 4.90 Å². The smallest absolute Gasteiger partial charge is 0.0555 e. The van der Waals surface area contributed by atoms with Crippen molar-refractivity contribution in [3.63, 3.8) is 0 Å². The lowest BCUT2D eigenvalue weighted by atomic mass is 10.0. The normalized spacial score (nSPS) is 13.7. The molecule has 0 fully saturated rings. The van der Waals surface area contributed by atoms with Crippen molar-refractivity contribution in [3.8, 4) is 0 Å². The number of benzene rings is 2. The Hall–Kier alpha value is -0.980. The number of unbranched alkanes of at least 4 members (excludes halogenated alkanes) is 1. The Labute approximate surface area is 140 Å². The Bertz CT molecular complexity index is 675. The van der Waals surface area contributed by atoms with E-state index >= 15 is 0 Å². The summed E-state index contributed by atoms with van der Waals surface area (Å²) in [5.41, 5.74) is 4.09. The molecule has 0 aromatic heterocycles. The lowest BCUT2D eigenvalue weighted by molar-refractivity contribution is 0.764. The molecule has 3 heteroatoms. The van der Waals surface area contributed by atoms with E-state index in [0.717, 1.165) is 6.54 Å². The minimum atomic E-state index is 0.104. The van der Waals surface area contributed by atoms with Crippen molar-refractivity contribution in [2.24, 2.45) is 0 Å². The van der Waals surface area contributed by atoms with E-state index in [0.29, 0.717) is 0 Å². The Morgan fingerprint density at radius 1 is 1.05 bits per heavy atom. The second-order valence-corrected chi connectivity index (χ2v) is 9.01. The highest BCUT2D eigenvalue weighted by Crippen LogP contribution is 2.49. The van der Waals surface area contributed by atoms with Crippen LogP contribution in [0.1, 0.15) is 39.2 Å². The van der Waals surface area contributed by atoms with Crippen molar-refractivity contribution >= 4 is 32.4 Å². The van der Waals surface area contributed by atoms with Crippen molar-refractivity contribution < 1.29 is 0 Å².